The Hall–Kier alpha value is -3.58. The average molecular weight is 451 g/mol. The third kappa shape index (κ3) is 5.71. The van der Waals surface area contributed by atoms with Crippen LogP contribution in [0.4, 0.5) is 23.7 Å². The summed E-state index contributed by atoms with van der Waals surface area (Å²) in [4.78, 5) is 41.3. The van der Waals surface area contributed by atoms with Crippen LogP contribution in [0.2, 0.25) is 5.02 Å². The van der Waals surface area contributed by atoms with E-state index >= 15 is 0 Å². The molecular weight excluding hydrogens is 441 g/mol. The molecule has 2 aromatic rings. The normalized spacial score (nSPS) is 10.8. The molecule has 0 atom stereocenters. The van der Waals surface area contributed by atoms with Crippen LogP contribution in [-0.4, -0.2) is 24.1 Å². The highest BCUT2D eigenvalue weighted by atomic mass is 35.5. The summed E-state index contributed by atoms with van der Waals surface area (Å²) >= 11 is 5.78. The summed E-state index contributed by atoms with van der Waals surface area (Å²) in [5.74, 6) is -1.78. The van der Waals surface area contributed by atoms with E-state index in [2.05, 4.69) is 14.6 Å². The fourth-order valence-corrected chi connectivity index (χ4v) is 2.19. The summed E-state index contributed by atoms with van der Waals surface area (Å²) < 4.78 is 47.6. The van der Waals surface area contributed by atoms with Gasteiger partial charge in [0.1, 0.15) is 17.1 Å². The van der Waals surface area contributed by atoms with Crippen molar-refractivity contribution in [2.75, 3.05) is 7.11 Å². The molecule has 0 aliphatic heterocycles. The third-order valence-electron chi connectivity index (χ3n) is 3.30. The summed E-state index contributed by atoms with van der Waals surface area (Å²) in [7, 11) is 0.999. The molecule has 0 heterocycles. The van der Waals surface area contributed by atoms with Crippen LogP contribution in [-0.2, 0) is 20.8 Å². The predicted octanol–water partition coefficient (Wildman–Crippen LogP) is 4.42. The van der Waals surface area contributed by atoms with Gasteiger partial charge in [-0.05, 0) is 24.3 Å². The van der Waals surface area contributed by atoms with Crippen LogP contribution in [0.25, 0.3) is 0 Å². The lowest BCUT2D eigenvalue weighted by Crippen LogP contribution is -2.25. The van der Waals surface area contributed by atoms with E-state index in [1.54, 1.807) is 5.48 Å². The summed E-state index contributed by atoms with van der Waals surface area (Å²) in [6.07, 6.45) is -5.74. The van der Waals surface area contributed by atoms with Crippen molar-refractivity contribution >= 4 is 29.4 Å². The Bertz CT molecular complexity index is 983. The van der Waals surface area contributed by atoms with Crippen molar-refractivity contribution in [3.63, 3.8) is 0 Å². The van der Waals surface area contributed by atoms with Gasteiger partial charge >= 0.3 is 18.2 Å². The molecular formula is C16H10ClF3N2O8. The number of methoxy groups -OCH3 is 1. The van der Waals surface area contributed by atoms with Gasteiger partial charge in [0.25, 0.3) is 5.69 Å². The van der Waals surface area contributed by atoms with Gasteiger partial charge in [-0.2, -0.15) is 18.7 Å². The molecule has 160 valence electrons. The van der Waals surface area contributed by atoms with Gasteiger partial charge in [-0.15, -0.1) is 0 Å². The van der Waals surface area contributed by atoms with Crippen LogP contribution < -0.4 is 10.2 Å². The zero-order chi connectivity index (χ0) is 22.5. The van der Waals surface area contributed by atoms with Gasteiger partial charge in [0.05, 0.1) is 22.6 Å². The molecule has 2 rings (SSSR count). The van der Waals surface area contributed by atoms with Gasteiger partial charge in [-0.1, -0.05) is 16.6 Å². The number of amides is 1. The number of carbonyl (C=O) groups excluding carboxylic acids is 2. The van der Waals surface area contributed by atoms with Crippen molar-refractivity contribution in [1.29, 1.82) is 0 Å². The first-order chi connectivity index (χ1) is 14.0. The number of rotatable bonds is 6. The molecule has 10 nitrogen and oxygen atoms in total. The van der Waals surface area contributed by atoms with E-state index in [4.69, 9.17) is 16.3 Å². The standard InChI is InChI=1S/C16H10ClF3N2O8/c1-27-15(24)21-30-29-14(23)10-7-9(3-4-12(10)22(25)26)28-13-5-2-8(6-11(13)17)16(18,19)20/h2-7H,1H3,(H,21,24). The molecule has 0 fully saturated rings. The number of benzene rings is 2. The van der Waals surface area contributed by atoms with Crippen molar-refractivity contribution in [3.8, 4) is 11.5 Å². The highest BCUT2D eigenvalue weighted by Crippen LogP contribution is 2.37. The van der Waals surface area contributed by atoms with Crippen molar-refractivity contribution in [2.45, 2.75) is 6.18 Å². The molecule has 0 radical (unpaired) electrons. The van der Waals surface area contributed by atoms with Gasteiger partial charge in [0.2, 0.25) is 0 Å². The SMILES string of the molecule is COC(=O)NOOC(=O)c1cc(Oc2ccc(C(F)(F)F)cc2Cl)ccc1[N+](=O)[O-]. The number of halogens is 4. The van der Waals surface area contributed by atoms with Crippen LogP contribution in [0, 0.1) is 10.1 Å². The van der Waals surface area contributed by atoms with Crippen molar-refractivity contribution in [1.82, 2.24) is 5.48 Å². The summed E-state index contributed by atoms with van der Waals surface area (Å²) in [6, 6.07) is 5.12. The third-order valence-corrected chi connectivity index (χ3v) is 3.59. The maximum absolute atomic E-state index is 12.7. The second-order valence-corrected chi connectivity index (χ2v) is 5.64. The molecule has 0 bridgehead atoms. The molecule has 0 aliphatic rings. The number of hydrogen-bond acceptors (Lipinski definition) is 8. The largest absolute Gasteiger partial charge is 0.456 e. The van der Waals surface area contributed by atoms with Crippen LogP contribution in [0.3, 0.4) is 0 Å². The van der Waals surface area contributed by atoms with E-state index in [0.29, 0.717) is 12.1 Å². The Morgan fingerprint density at radius 3 is 2.43 bits per heavy atom. The minimum Gasteiger partial charge on any atom is -0.456 e. The number of hydroxylamine groups is 1. The van der Waals surface area contributed by atoms with Gasteiger partial charge in [-0.3, -0.25) is 15.0 Å². The lowest BCUT2D eigenvalue weighted by molar-refractivity contribution is -0.385. The monoisotopic (exact) mass is 450 g/mol. The molecule has 1 amide bonds. The lowest BCUT2D eigenvalue weighted by atomic mass is 10.1. The number of carbonyl (C=O) groups is 2. The Morgan fingerprint density at radius 2 is 1.87 bits per heavy atom. The van der Waals surface area contributed by atoms with Gasteiger partial charge in [0.15, 0.2) is 0 Å². The van der Waals surface area contributed by atoms with E-state index in [1.807, 2.05) is 0 Å². The molecule has 14 heteroatoms. The van der Waals surface area contributed by atoms with Crippen molar-refractivity contribution < 1.29 is 47.0 Å². The van der Waals surface area contributed by atoms with Crippen LogP contribution in [0.15, 0.2) is 36.4 Å². The molecule has 0 aliphatic carbocycles. The molecule has 0 aromatic heterocycles. The highest BCUT2D eigenvalue weighted by molar-refractivity contribution is 6.32. The van der Waals surface area contributed by atoms with E-state index in [9.17, 15) is 32.9 Å². The topological polar surface area (TPSA) is 126 Å². The lowest BCUT2D eigenvalue weighted by Gasteiger charge is -2.12. The highest BCUT2D eigenvalue weighted by Gasteiger charge is 2.31. The number of nitro groups is 1. The molecule has 2 aromatic carbocycles. The number of nitrogens with zero attached hydrogens (tertiary/aromatic N) is 1. The van der Waals surface area contributed by atoms with Crippen LogP contribution in [0.5, 0.6) is 11.5 Å². The summed E-state index contributed by atoms with van der Waals surface area (Å²) in [5, 5.41) is 10.7. The van der Waals surface area contributed by atoms with Gasteiger partial charge in [-0.25, -0.2) is 9.59 Å². The number of alkyl halides is 3. The second-order valence-electron chi connectivity index (χ2n) is 5.23. The number of hydrogen-bond donors (Lipinski definition) is 1. The van der Waals surface area contributed by atoms with Gasteiger partial charge < -0.3 is 9.47 Å². The zero-order valence-corrected chi connectivity index (χ0v) is 15.4. The Kier molecular flexibility index (Phi) is 7.02. The van der Waals surface area contributed by atoms with Crippen molar-refractivity contribution in [3.05, 3.63) is 62.7 Å². The maximum Gasteiger partial charge on any atom is 0.434 e. The number of ether oxygens (including phenoxy) is 2. The van der Waals surface area contributed by atoms with Crippen LogP contribution in [0.1, 0.15) is 15.9 Å². The Morgan fingerprint density at radius 1 is 1.17 bits per heavy atom. The minimum atomic E-state index is -4.62. The van der Waals surface area contributed by atoms with E-state index in [1.165, 1.54) is 0 Å². The molecule has 0 unspecified atom stereocenters. The smallest absolute Gasteiger partial charge is 0.434 e. The summed E-state index contributed by atoms with van der Waals surface area (Å²) in [5.41, 5.74) is -0.812. The Balaban J connectivity index is 2.26. The first-order valence-corrected chi connectivity index (χ1v) is 7.95. The average Bonchev–Trinajstić information content (AvgIpc) is 2.68. The van der Waals surface area contributed by atoms with Crippen LogP contribution >= 0.6 is 11.6 Å². The van der Waals surface area contributed by atoms with Gasteiger partial charge in [0, 0.05) is 12.1 Å². The summed E-state index contributed by atoms with van der Waals surface area (Å²) in [6.45, 7) is 0. The molecule has 1 N–H and O–H groups in total. The molecule has 30 heavy (non-hydrogen) atoms. The van der Waals surface area contributed by atoms with E-state index in [-0.39, 0.29) is 11.5 Å². The quantitative estimate of drug-likeness (QED) is 0.389. The number of nitrogens with one attached hydrogen (secondary N) is 1. The molecule has 0 spiro atoms. The predicted molar refractivity (Wildman–Crippen MR) is 91.7 cm³/mol. The first kappa shape index (κ1) is 22.7. The fraction of sp³-hybridized carbons (Fsp3) is 0.125. The first-order valence-electron chi connectivity index (χ1n) is 7.57. The molecule has 0 saturated carbocycles. The minimum absolute atomic E-state index is 0.185. The Labute approximate surface area is 170 Å². The van der Waals surface area contributed by atoms with E-state index in [0.717, 1.165) is 31.4 Å². The van der Waals surface area contributed by atoms with E-state index < -0.39 is 45.0 Å². The zero-order valence-electron chi connectivity index (χ0n) is 14.7. The second kappa shape index (κ2) is 9.28. The van der Waals surface area contributed by atoms with Crippen molar-refractivity contribution in [2.24, 2.45) is 0 Å². The molecule has 0 saturated heterocycles. The fourth-order valence-electron chi connectivity index (χ4n) is 1.97. The number of nitro benzene ring substituents is 1. The maximum atomic E-state index is 12.7.